The van der Waals surface area contributed by atoms with Crippen LogP contribution in [-0.4, -0.2) is 71.8 Å². The van der Waals surface area contributed by atoms with Crippen molar-refractivity contribution in [3.8, 4) is 0 Å². The molecule has 152 valence electrons. The van der Waals surface area contributed by atoms with Gasteiger partial charge in [0, 0.05) is 13.1 Å². The van der Waals surface area contributed by atoms with Crippen LogP contribution in [0.5, 0.6) is 0 Å². The summed E-state index contributed by atoms with van der Waals surface area (Å²) in [4.78, 5) is 43.3. The van der Waals surface area contributed by atoms with E-state index in [2.05, 4.69) is 5.32 Å². The van der Waals surface area contributed by atoms with Gasteiger partial charge in [-0.25, -0.2) is 0 Å². The number of likely N-dealkylation sites (tertiary alicyclic amines) is 2. The van der Waals surface area contributed by atoms with E-state index in [0.717, 1.165) is 24.8 Å². The second-order valence-corrected chi connectivity index (χ2v) is 8.09. The van der Waals surface area contributed by atoms with Crippen molar-refractivity contribution >= 4 is 18.2 Å². The van der Waals surface area contributed by atoms with E-state index in [9.17, 15) is 14.4 Å². The van der Waals surface area contributed by atoms with E-state index in [0.29, 0.717) is 25.9 Å². The van der Waals surface area contributed by atoms with Crippen LogP contribution in [0.15, 0.2) is 30.3 Å². The molecule has 2 aliphatic heterocycles. The van der Waals surface area contributed by atoms with E-state index < -0.39 is 11.6 Å². The van der Waals surface area contributed by atoms with Gasteiger partial charge in [0.25, 0.3) is 0 Å². The quantitative estimate of drug-likeness (QED) is 0.750. The number of nitrogens with one attached hydrogen (secondary N) is 1. The molecule has 2 fully saturated rings. The molecule has 2 unspecified atom stereocenters. The number of rotatable bonds is 6. The first-order valence-electron chi connectivity index (χ1n) is 9.94. The highest BCUT2D eigenvalue weighted by atomic mass is 16.2. The SMILES string of the molecule is CN(C)[C@@H](C(=O)N1CCCC1(C)C(=O)N1CCCC1NC=O)c1ccccc1. The van der Waals surface area contributed by atoms with Crippen molar-refractivity contribution in [3.63, 3.8) is 0 Å². The zero-order chi connectivity index (χ0) is 20.3. The number of nitrogens with zero attached hydrogens (tertiary/aromatic N) is 3. The lowest BCUT2D eigenvalue weighted by Gasteiger charge is -2.41. The summed E-state index contributed by atoms with van der Waals surface area (Å²) in [6.07, 6.45) is 3.40. The topological polar surface area (TPSA) is 73.0 Å². The number of amides is 3. The Morgan fingerprint density at radius 2 is 1.93 bits per heavy atom. The fourth-order valence-corrected chi connectivity index (χ4v) is 4.55. The summed E-state index contributed by atoms with van der Waals surface area (Å²) in [5.41, 5.74) is 0.0358. The lowest BCUT2D eigenvalue weighted by Crippen LogP contribution is -2.60. The van der Waals surface area contributed by atoms with Crippen LogP contribution in [0.1, 0.15) is 44.2 Å². The van der Waals surface area contributed by atoms with Crippen molar-refractivity contribution in [1.29, 1.82) is 0 Å². The lowest BCUT2D eigenvalue weighted by molar-refractivity contribution is -0.154. The maximum Gasteiger partial charge on any atom is 0.249 e. The Balaban J connectivity index is 1.87. The van der Waals surface area contributed by atoms with Gasteiger partial charge in [0.2, 0.25) is 18.2 Å². The van der Waals surface area contributed by atoms with Crippen LogP contribution in [0.25, 0.3) is 0 Å². The fourth-order valence-electron chi connectivity index (χ4n) is 4.55. The van der Waals surface area contributed by atoms with Gasteiger partial charge >= 0.3 is 0 Å². The second kappa shape index (κ2) is 8.31. The molecule has 0 radical (unpaired) electrons. The largest absolute Gasteiger partial charge is 0.338 e. The maximum atomic E-state index is 13.6. The van der Waals surface area contributed by atoms with E-state index in [1.807, 2.05) is 56.3 Å². The van der Waals surface area contributed by atoms with E-state index in [-0.39, 0.29) is 18.0 Å². The molecular formula is C21H30N4O3. The third-order valence-electron chi connectivity index (χ3n) is 6.01. The number of benzene rings is 1. The molecule has 2 saturated heterocycles. The molecule has 1 aromatic carbocycles. The monoisotopic (exact) mass is 386 g/mol. The first-order valence-corrected chi connectivity index (χ1v) is 9.94. The molecule has 1 aromatic rings. The number of carbonyl (C=O) groups excluding carboxylic acids is 3. The zero-order valence-electron chi connectivity index (χ0n) is 16.9. The van der Waals surface area contributed by atoms with E-state index in [4.69, 9.17) is 0 Å². The molecular weight excluding hydrogens is 356 g/mol. The molecule has 3 rings (SSSR count). The van der Waals surface area contributed by atoms with Crippen molar-refractivity contribution in [2.45, 2.75) is 50.4 Å². The summed E-state index contributed by atoms with van der Waals surface area (Å²) >= 11 is 0. The smallest absolute Gasteiger partial charge is 0.249 e. The minimum atomic E-state index is -0.882. The Morgan fingerprint density at radius 3 is 2.57 bits per heavy atom. The Labute approximate surface area is 166 Å². The van der Waals surface area contributed by atoms with Gasteiger partial charge in [-0.2, -0.15) is 0 Å². The average molecular weight is 386 g/mol. The Kier molecular flexibility index (Phi) is 6.03. The van der Waals surface area contributed by atoms with Crippen LogP contribution in [-0.2, 0) is 14.4 Å². The highest BCUT2D eigenvalue weighted by Gasteiger charge is 2.50. The van der Waals surface area contributed by atoms with Gasteiger partial charge in [0.15, 0.2) is 0 Å². The molecule has 2 aliphatic rings. The van der Waals surface area contributed by atoms with Crippen LogP contribution in [0.4, 0.5) is 0 Å². The summed E-state index contributed by atoms with van der Waals surface area (Å²) in [5, 5.41) is 2.74. The highest BCUT2D eigenvalue weighted by molar-refractivity contribution is 5.94. The lowest BCUT2D eigenvalue weighted by atomic mass is 9.95. The van der Waals surface area contributed by atoms with Crippen LogP contribution >= 0.6 is 0 Å². The summed E-state index contributed by atoms with van der Waals surface area (Å²) < 4.78 is 0. The second-order valence-electron chi connectivity index (χ2n) is 8.09. The Bertz CT molecular complexity index is 724. The van der Waals surface area contributed by atoms with Crippen LogP contribution < -0.4 is 5.32 Å². The molecule has 1 N–H and O–H groups in total. The third kappa shape index (κ3) is 3.63. The predicted molar refractivity (Wildman–Crippen MR) is 106 cm³/mol. The first-order chi connectivity index (χ1) is 13.4. The van der Waals surface area contributed by atoms with Crippen LogP contribution in [0.2, 0.25) is 0 Å². The van der Waals surface area contributed by atoms with Crippen LogP contribution in [0, 0.1) is 0 Å². The number of carbonyl (C=O) groups is 3. The van der Waals surface area contributed by atoms with Gasteiger partial charge < -0.3 is 15.1 Å². The minimum absolute atomic E-state index is 0.0522. The molecule has 7 nitrogen and oxygen atoms in total. The molecule has 7 heteroatoms. The molecule has 3 amide bonds. The molecule has 3 atom stereocenters. The van der Waals surface area contributed by atoms with Crippen molar-refractivity contribution in [2.75, 3.05) is 27.2 Å². The molecule has 0 aliphatic carbocycles. The standard InChI is InChI=1S/C21H30N4O3/c1-21(20(28)24-13-7-11-17(24)22-15-26)12-8-14-25(21)19(27)18(23(2)3)16-9-5-4-6-10-16/h4-6,9-10,15,17-18H,7-8,11-14H2,1-3H3,(H,22,26)/t17?,18-,21?/m1/s1. The molecule has 0 bridgehead atoms. The molecule has 0 aromatic heterocycles. The van der Waals surface area contributed by atoms with Gasteiger partial charge in [-0.05, 0) is 52.3 Å². The molecule has 0 spiro atoms. The van der Waals surface area contributed by atoms with Gasteiger partial charge in [0.1, 0.15) is 17.7 Å². The van der Waals surface area contributed by atoms with Crippen molar-refractivity contribution in [2.24, 2.45) is 0 Å². The molecule has 2 heterocycles. The van der Waals surface area contributed by atoms with Crippen molar-refractivity contribution in [1.82, 2.24) is 20.0 Å². The fraction of sp³-hybridized carbons (Fsp3) is 0.571. The van der Waals surface area contributed by atoms with Crippen LogP contribution in [0.3, 0.4) is 0 Å². The molecule has 28 heavy (non-hydrogen) atoms. The molecule has 0 saturated carbocycles. The minimum Gasteiger partial charge on any atom is -0.338 e. The summed E-state index contributed by atoms with van der Waals surface area (Å²) in [5.74, 6) is -0.121. The summed E-state index contributed by atoms with van der Waals surface area (Å²) in [6.45, 7) is 3.05. The van der Waals surface area contributed by atoms with Gasteiger partial charge in [-0.1, -0.05) is 30.3 Å². The van der Waals surface area contributed by atoms with Crippen molar-refractivity contribution in [3.05, 3.63) is 35.9 Å². The van der Waals surface area contributed by atoms with E-state index >= 15 is 0 Å². The summed E-state index contributed by atoms with van der Waals surface area (Å²) in [7, 11) is 3.77. The van der Waals surface area contributed by atoms with E-state index in [1.165, 1.54) is 0 Å². The Hall–Kier alpha value is -2.41. The highest BCUT2D eigenvalue weighted by Crippen LogP contribution is 2.36. The normalized spacial score (nSPS) is 25.8. The summed E-state index contributed by atoms with van der Waals surface area (Å²) in [6, 6.07) is 9.23. The number of hydrogen-bond acceptors (Lipinski definition) is 4. The number of likely N-dealkylation sites (N-methyl/N-ethyl adjacent to an activating group) is 1. The van der Waals surface area contributed by atoms with Gasteiger partial charge in [0.05, 0.1) is 0 Å². The number of hydrogen-bond donors (Lipinski definition) is 1. The van der Waals surface area contributed by atoms with Gasteiger partial charge in [-0.15, -0.1) is 0 Å². The maximum absolute atomic E-state index is 13.6. The van der Waals surface area contributed by atoms with Gasteiger partial charge in [-0.3, -0.25) is 19.3 Å². The average Bonchev–Trinajstić information content (AvgIpc) is 3.29. The van der Waals surface area contributed by atoms with Crippen molar-refractivity contribution < 1.29 is 14.4 Å². The predicted octanol–water partition coefficient (Wildman–Crippen LogP) is 1.36. The Morgan fingerprint density at radius 1 is 1.21 bits per heavy atom. The first kappa shape index (κ1) is 20.3. The zero-order valence-corrected chi connectivity index (χ0v) is 16.9. The van der Waals surface area contributed by atoms with E-state index in [1.54, 1.807) is 9.80 Å². The third-order valence-corrected chi connectivity index (χ3v) is 6.01.